The molecule has 1 rings (SSSR count). The van der Waals surface area contributed by atoms with Crippen molar-refractivity contribution in [2.24, 2.45) is 0 Å². The van der Waals surface area contributed by atoms with E-state index >= 15 is 0 Å². The predicted octanol–water partition coefficient (Wildman–Crippen LogP) is 5.78. The van der Waals surface area contributed by atoms with Crippen molar-refractivity contribution >= 4 is 16.1 Å². The summed E-state index contributed by atoms with van der Waals surface area (Å²) in [6.07, 6.45) is 15.4. The molecule has 0 heterocycles. The third kappa shape index (κ3) is 15.0. The van der Waals surface area contributed by atoms with Gasteiger partial charge in [-0.1, -0.05) is 82.9 Å². The highest BCUT2D eigenvalue weighted by atomic mass is 32.3. The van der Waals surface area contributed by atoms with Crippen LogP contribution in [0.5, 0.6) is 0 Å². The lowest BCUT2D eigenvalue weighted by atomic mass is 10.0. The maximum atomic E-state index is 9.33. The topological polar surface area (TPSA) is 63.6 Å². The van der Waals surface area contributed by atoms with Crippen LogP contribution in [0.25, 0.3) is 0 Å². The second kappa shape index (κ2) is 15.0. The smallest absolute Gasteiger partial charge is 0.298 e. The molecule has 0 aliphatic rings. The first-order valence-corrected chi connectivity index (χ1v) is 11.9. The molecule has 0 unspecified atom stereocenters. The first-order chi connectivity index (χ1) is 13.1. The van der Waals surface area contributed by atoms with Gasteiger partial charge in [-0.15, -0.1) is 0 Å². The van der Waals surface area contributed by atoms with Crippen LogP contribution in [0.4, 0.5) is 5.69 Å². The lowest BCUT2D eigenvalue weighted by Gasteiger charge is -2.26. The fraction of sp³-hybridized carbons (Fsp3) is 0.727. The highest BCUT2D eigenvalue weighted by Gasteiger charge is 2.16. The zero-order valence-electron chi connectivity index (χ0n) is 18.6. The Morgan fingerprint density at radius 3 is 1.71 bits per heavy atom. The largest absolute Gasteiger partial charge is 0.397 e. The molecule has 0 saturated carbocycles. The number of aryl methyl sites for hydroxylation is 1. The van der Waals surface area contributed by atoms with Crippen LogP contribution in [0.3, 0.4) is 0 Å². The van der Waals surface area contributed by atoms with Gasteiger partial charge in [-0.3, -0.25) is 13.2 Å². The van der Waals surface area contributed by atoms with E-state index in [0.717, 1.165) is 11.6 Å². The average molecular weight is 417 g/mol. The summed E-state index contributed by atoms with van der Waals surface area (Å²) in [7, 11) is 3.49. The number of nitrogens with zero attached hydrogens (tertiary/aromatic N) is 1. The van der Waals surface area contributed by atoms with E-state index in [1.54, 1.807) is 0 Å². The van der Waals surface area contributed by atoms with Crippen LogP contribution in [-0.2, 0) is 21.0 Å². The third-order valence-corrected chi connectivity index (χ3v) is 5.15. The summed E-state index contributed by atoms with van der Waals surface area (Å²) in [5, 5.41) is 0. The monoisotopic (exact) mass is 416 g/mol. The van der Waals surface area contributed by atoms with Crippen LogP contribution in [-0.4, -0.2) is 41.2 Å². The molecule has 0 spiro atoms. The van der Waals surface area contributed by atoms with Gasteiger partial charge in [-0.25, -0.2) is 0 Å². The Bertz CT molecular complexity index is 609. The van der Waals surface area contributed by atoms with Gasteiger partial charge in [0.15, 0.2) is 0 Å². The van der Waals surface area contributed by atoms with Gasteiger partial charge < -0.3 is 0 Å². The molecule has 5 nitrogen and oxygen atoms in total. The SMILES string of the molecule is CCCCCCCCCCCCc1ccccc1[N+](C)(C)C.COS(=O)(=O)O. The molecule has 0 aromatic heterocycles. The van der Waals surface area contributed by atoms with Crippen LogP contribution in [0.15, 0.2) is 24.3 Å². The minimum Gasteiger partial charge on any atom is -0.298 e. The number of para-hydroxylation sites is 1. The summed E-state index contributed by atoms with van der Waals surface area (Å²) < 4.78 is 30.6. The number of rotatable bonds is 13. The van der Waals surface area contributed by atoms with Crippen molar-refractivity contribution in [1.29, 1.82) is 0 Å². The molecule has 0 atom stereocenters. The second-order valence-corrected chi connectivity index (χ2v) is 9.36. The van der Waals surface area contributed by atoms with Gasteiger partial charge in [-0.2, -0.15) is 8.42 Å². The van der Waals surface area contributed by atoms with Crippen molar-refractivity contribution in [3.05, 3.63) is 29.8 Å². The predicted molar refractivity (Wildman–Crippen MR) is 120 cm³/mol. The summed E-state index contributed by atoms with van der Waals surface area (Å²) in [6.45, 7) is 2.29. The number of hydrogen-bond acceptors (Lipinski definition) is 3. The third-order valence-electron chi connectivity index (χ3n) is 4.72. The fourth-order valence-electron chi connectivity index (χ4n) is 3.18. The van der Waals surface area contributed by atoms with E-state index in [4.69, 9.17) is 4.55 Å². The maximum absolute atomic E-state index is 9.33. The zero-order valence-corrected chi connectivity index (χ0v) is 19.4. The van der Waals surface area contributed by atoms with Crippen LogP contribution in [0, 0.1) is 0 Å². The highest BCUT2D eigenvalue weighted by Crippen LogP contribution is 2.24. The van der Waals surface area contributed by atoms with E-state index in [2.05, 4.69) is 56.5 Å². The molecule has 1 aromatic rings. The molecule has 28 heavy (non-hydrogen) atoms. The van der Waals surface area contributed by atoms with Crippen LogP contribution >= 0.6 is 0 Å². The second-order valence-electron chi connectivity index (χ2n) is 8.17. The van der Waals surface area contributed by atoms with Gasteiger partial charge in [0.05, 0.1) is 28.3 Å². The first kappa shape index (κ1) is 27.0. The van der Waals surface area contributed by atoms with Crippen molar-refractivity contribution in [2.45, 2.75) is 77.6 Å². The van der Waals surface area contributed by atoms with Gasteiger partial charge in [0.25, 0.3) is 0 Å². The van der Waals surface area contributed by atoms with Crippen molar-refractivity contribution in [2.75, 3.05) is 28.3 Å². The molecular weight excluding hydrogens is 374 g/mol. The molecule has 1 N–H and O–H groups in total. The maximum Gasteiger partial charge on any atom is 0.397 e. The summed E-state index contributed by atoms with van der Waals surface area (Å²) in [4.78, 5) is 0. The lowest BCUT2D eigenvalue weighted by Crippen LogP contribution is -2.35. The van der Waals surface area contributed by atoms with E-state index in [1.807, 2.05) is 0 Å². The first-order valence-electron chi connectivity index (χ1n) is 10.5. The highest BCUT2D eigenvalue weighted by molar-refractivity contribution is 7.80. The molecule has 0 aliphatic carbocycles. The van der Waals surface area contributed by atoms with Crippen LogP contribution < -0.4 is 4.48 Å². The summed E-state index contributed by atoms with van der Waals surface area (Å²) >= 11 is 0. The molecule has 0 radical (unpaired) electrons. The molecule has 1 aromatic carbocycles. The molecule has 0 bridgehead atoms. The van der Waals surface area contributed by atoms with E-state index in [9.17, 15) is 8.42 Å². The number of hydrogen-bond donors (Lipinski definition) is 1. The molecule has 0 saturated heterocycles. The molecule has 0 amide bonds. The number of benzene rings is 1. The number of unbranched alkanes of at least 4 members (excludes halogenated alkanes) is 9. The van der Waals surface area contributed by atoms with Gasteiger partial charge in [0, 0.05) is 5.56 Å². The molecule has 0 aliphatic heterocycles. The fourth-order valence-corrected chi connectivity index (χ4v) is 3.18. The van der Waals surface area contributed by atoms with E-state index < -0.39 is 10.4 Å². The lowest BCUT2D eigenvalue weighted by molar-refractivity contribution is 0.324. The Hall–Kier alpha value is -0.950. The van der Waals surface area contributed by atoms with Gasteiger partial charge in [0.1, 0.15) is 5.69 Å². The van der Waals surface area contributed by atoms with Gasteiger partial charge in [-0.05, 0) is 18.9 Å². The van der Waals surface area contributed by atoms with Crippen molar-refractivity contribution in [3.8, 4) is 0 Å². The zero-order chi connectivity index (χ0) is 21.5. The Labute approximate surface area is 173 Å². The van der Waals surface area contributed by atoms with Gasteiger partial charge >= 0.3 is 10.4 Å². The molecule has 0 fully saturated rings. The van der Waals surface area contributed by atoms with Crippen molar-refractivity contribution < 1.29 is 17.2 Å². The Morgan fingerprint density at radius 1 is 0.857 bits per heavy atom. The molecule has 164 valence electrons. The minimum atomic E-state index is -4.16. The summed E-state index contributed by atoms with van der Waals surface area (Å²) in [5.74, 6) is 0. The van der Waals surface area contributed by atoms with Gasteiger partial charge in [0.2, 0.25) is 0 Å². The quantitative estimate of drug-likeness (QED) is 0.251. The standard InChI is InChI=1S/C21H38N.CH4O4S/c1-5-6-7-8-9-10-11-12-13-14-17-20-18-15-16-19-21(20)22(2,3)4;1-5-6(2,3)4/h15-16,18-19H,5-14,17H2,1-4H3;1H3,(H,2,3,4)/q+1;. The van der Waals surface area contributed by atoms with Crippen molar-refractivity contribution in [1.82, 2.24) is 4.48 Å². The molecular formula is C22H42NO4S+. The Kier molecular flexibility index (Phi) is 14.5. The summed E-state index contributed by atoms with van der Waals surface area (Å²) in [6, 6.07) is 8.95. The minimum absolute atomic E-state index is 0.870. The van der Waals surface area contributed by atoms with E-state index in [1.165, 1.54) is 81.9 Å². The number of quaternary nitrogens is 1. The normalized spacial score (nSPS) is 11.8. The Balaban J connectivity index is 0.00000105. The van der Waals surface area contributed by atoms with Crippen LogP contribution in [0.2, 0.25) is 0 Å². The van der Waals surface area contributed by atoms with E-state index in [-0.39, 0.29) is 0 Å². The Morgan fingerprint density at radius 2 is 1.29 bits per heavy atom. The average Bonchev–Trinajstić information content (AvgIpc) is 2.63. The summed E-state index contributed by atoms with van der Waals surface area (Å²) in [5.41, 5.74) is 3.01. The molecule has 6 heteroatoms. The van der Waals surface area contributed by atoms with Crippen LogP contribution in [0.1, 0.15) is 76.7 Å². The van der Waals surface area contributed by atoms with E-state index in [0.29, 0.717) is 0 Å². The van der Waals surface area contributed by atoms with Crippen molar-refractivity contribution in [3.63, 3.8) is 0 Å².